The Bertz CT molecular complexity index is 547. The van der Waals surface area contributed by atoms with Crippen LogP contribution in [0.25, 0.3) is 0 Å². The van der Waals surface area contributed by atoms with Gasteiger partial charge in [0.25, 0.3) is 0 Å². The van der Waals surface area contributed by atoms with Gasteiger partial charge in [0.1, 0.15) is 23.7 Å². The van der Waals surface area contributed by atoms with Crippen molar-refractivity contribution in [1.29, 1.82) is 0 Å². The number of rotatable bonds is 2. The highest BCUT2D eigenvalue weighted by atomic mass is 35.5. The Balaban J connectivity index is 1.90. The van der Waals surface area contributed by atoms with Crippen LogP contribution in [0.15, 0.2) is 6.33 Å². The van der Waals surface area contributed by atoms with E-state index < -0.39 is 35.9 Å². The molecule has 2 saturated carbocycles. The molecule has 2 aliphatic rings. The normalized spacial score (nSPS) is 43.0. The third-order valence-electron chi connectivity index (χ3n) is 4.26. The molecule has 0 saturated heterocycles. The Hall–Kier alpha value is -1.19. The molecule has 2 aliphatic carbocycles. The smallest absolute Gasteiger partial charge is 0.157 e. The Morgan fingerprint density at radius 1 is 1.30 bits per heavy atom. The van der Waals surface area contributed by atoms with E-state index in [1.165, 1.54) is 6.33 Å². The van der Waals surface area contributed by atoms with Crippen LogP contribution in [-0.4, -0.2) is 60.3 Å². The number of hydrogen-bond donors (Lipinski definition) is 6. The first-order chi connectivity index (χ1) is 9.36. The summed E-state index contributed by atoms with van der Waals surface area (Å²) >= 11 is 5.77. The Morgan fingerprint density at radius 2 is 2.00 bits per heavy atom. The van der Waals surface area contributed by atoms with E-state index in [-0.39, 0.29) is 23.1 Å². The highest BCUT2D eigenvalue weighted by Gasteiger charge is 2.67. The second-order valence-corrected chi connectivity index (χ2v) is 5.68. The minimum absolute atomic E-state index is 0.0555. The Kier molecular flexibility index (Phi) is 3.03. The molecule has 1 aromatic rings. The average molecular weight is 303 g/mol. The van der Waals surface area contributed by atoms with Crippen LogP contribution in [0.2, 0.25) is 5.15 Å². The second-order valence-electron chi connectivity index (χ2n) is 5.33. The van der Waals surface area contributed by atoms with Crippen molar-refractivity contribution < 1.29 is 20.4 Å². The molecule has 0 spiro atoms. The van der Waals surface area contributed by atoms with Gasteiger partial charge in [-0.3, -0.25) is 0 Å². The van der Waals surface area contributed by atoms with E-state index in [0.717, 1.165) is 0 Å². The molecule has 1 heterocycles. The zero-order chi connectivity index (χ0) is 14.7. The summed E-state index contributed by atoms with van der Waals surface area (Å²) in [6.07, 6.45) is -2.27. The molecule has 2 bridgehead atoms. The van der Waals surface area contributed by atoms with E-state index in [9.17, 15) is 20.4 Å². The summed E-state index contributed by atoms with van der Waals surface area (Å²) in [5.74, 6) is -0.534. The van der Waals surface area contributed by atoms with Crippen molar-refractivity contribution in [3.63, 3.8) is 0 Å². The van der Waals surface area contributed by atoms with Crippen LogP contribution in [0.4, 0.5) is 11.5 Å². The molecular weight excluding hydrogens is 288 g/mol. The summed E-state index contributed by atoms with van der Waals surface area (Å²) in [5.41, 5.74) is 4.09. The largest absolute Gasteiger partial charge is 0.393 e. The number of aliphatic hydroxyl groups is 4. The van der Waals surface area contributed by atoms with Crippen LogP contribution in [0.3, 0.4) is 0 Å². The molecular formula is C11H15ClN4O4. The van der Waals surface area contributed by atoms with Gasteiger partial charge in [-0.25, -0.2) is 9.97 Å². The fourth-order valence-corrected chi connectivity index (χ4v) is 3.34. The number of nitrogens with one attached hydrogen (secondary N) is 1. The Morgan fingerprint density at radius 3 is 2.65 bits per heavy atom. The predicted molar refractivity (Wildman–Crippen MR) is 69.9 cm³/mol. The highest BCUT2D eigenvalue weighted by molar-refractivity contribution is 6.32. The van der Waals surface area contributed by atoms with Gasteiger partial charge in [-0.1, -0.05) is 11.6 Å². The molecule has 2 fully saturated rings. The fourth-order valence-electron chi connectivity index (χ4n) is 3.21. The molecule has 6 atom stereocenters. The monoisotopic (exact) mass is 302 g/mol. The zero-order valence-electron chi connectivity index (χ0n) is 10.3. The number of halogens is 1. The SMILES string of the molecule is Nc1c(Cl)ncnc1N[C@@H]1[C@@H]2[C@H](O)C[C@](O)([C@H]1O)[C@H]2O. The van der Waals surface area contributed by atoms with E-state index in [1.54, 1.807) is 0 Å². The number of aliphatic hydroxyl groups excluding tert-OH is 3. The van der Waals surface area contributed by atoms with Gasteiger partial charge in [-0.15, -0.1) is 0 Å². The van der Waals surface area contributed by atoms with Crippen molar-refractivity contribution in [3.05, 3.63) is 11.5 Å². The number of fused-ring (bicyclic) bond motifs is 2. The first kappa shape index (κ1) is 13.8. The lowest BCUT2D eigenvalue weighted by Crippen LogP contribution is -2.52. The molecule has 0 amide bonds. The molecule has 1 aromatic heterocycles. The molecule has 3 rings (SSSR count). The molecule has 0 aromatic carbocycles. The summed E-state index contributed by atoms with van der Waals surface area (Å²) < 4.78 is 0. The number of anilines is 2. The first-order valence-corrected chi connectivity index (χ1v) is 6.53. The quantitative estimate of drug-likeness (QED) is 0.356. The number of aromatic nitrogens is 2. The minimum atomic E-state index is -1.73. The van der Waals surface area contributed by atoms with Crippen LogP contribution in [0.5, 0.6) is 0 Å². The minimum Gasteiger partial charge on any atom is -0.393 e. The van der Waals surface area contributed by atoms with Gasteiger partial charge in [-0.2, -0.15) is 0 Å². The number of nitrogens with two attached hydrogens (primary N) is 1. The van der Waals surface area contributed by atoms with E-state index in [4.69, 9.17) is 17.3 Å². The first-order valence-electron chi connectivity index (χ1n) is 6.15. The maximum absolute atomic E-state index is 10.2. The number of hydrogen-bond acceptors (Lipinski definition) is 8. The lowest BCUT2D eigenvalue weighted by Gasteiger charge is -2.34. The van der Waals surface area contributed by atoms with Gasteiger partial charge in [0, 0.05) is 12.3 Å². The van der Waals surface area contributed by atoms with Gasteiger partial charge in [-0.05, 0) is 0 Å². The van der Waals surface area contributed by atoms with Gasteiger partial charge in [0.15, 0.2) is 11.0 Å². The summed E-state index contributed by atoms with van der Waals surface area (Å²) in [7, 11) is 0. The van der Waals surface area contributed by atoms with Gasteiger partial charge in [0.05, 0.1) is 18.2 Å². The molecule has 0 aliphatic heterocycles. The van der Waals surface area contributed by atoms with Crippen molar-refractivity contribution in [3.8, 4) is 0 Å². The second kappa shape index (κ2) is 4.40. The molecule has 110 valence electrons. The van der Waals surface area contributed by atoms with Gasteiger partial charge < -0.3 is 31.5 Å². The Labute approximate surface area is 119 Å². The molecule has 0 unspecified atom stereocenters. The van der Waals surface area contributed by atoms with Crippen LogP contribution >= 0.6 is 11.6 Å². The van der Waals surface area contributed by atoms with E-state index in [2.05, 4.69) is 15.3 Å². The maximum Gasteiger partial charge on any atom is 0.157 e. The molecule has 7 N–H and O–H groups in total. The number of nitrogen functional groups attached to an aromatic ring is 1. The highest BCUT2D eigenvalue weighted by Crippen LogP contribution is 2.49. The van der Waals surface area contributed by atoms with Crippen LogP contribution in [0, 0.1) is 5.92 Å². The third kappa shape index (κ3) is 1.69. The maximum atomic E-state index is 10.2. The van der Waals surface area contributed by atoms with Gasteiger partial charge >= 0.3 is 0 Å². The van der Waals surface area contributed by atoms with Crippen LogP contribution in [-0.2, 0) is 0 Å². The zero-order valence-corrected chi connectivity index (χ0v) is 11.1. The standard InChI is InChI=1S/C11H15ClN4O4/c12-9-5(13)10(15-2-14-9)16-6-4-3(17)1-11(20,7(4)18)8(6)19/h2-4,6-8,17-20H,1,13H2,(H,14,15,16)/t3-,4+,6-,7+,8+,11-/m1/s1. The molecule has 20 heavy (non-hydrogen) atoms. The lowest BCUT2D eigenvalue weighted by molar-refractivity contribution is -0.112. The van der Waals surface area contributed by atoms with Crippen molar-refractivity contribution >= 4 is 23.1 Å². The van der Waals surface area contributed by atoms with Crippen molar-refractivity contribution in [2.45, 2.75) is 36.4 Å². The summed E-state index contributed by atoms with van der Waals surface area (Å²) in [4.78, 5) is 7.61. The van der Waals surface area contributed by atoms with Crippen LogP contribution in [0.1, 0.15) is 6.42 Å². The summed E-state index contributed by atoms with van der Waals surface area (Å²) in [6, 6.07) is -0.785. The molecule has 9 heteroatoms. The topological polar surface area (TPSA) is 145 Å². The molecule has 0 radical (unpaired) electrons. The van der Waals surface area contributed by atoms with Crippen molar-refractivity contribution in [2.75, 3.05) is 11.1 Å². The molecule has 8 nitrogen and oxygen atoms in total. The van der Waals surface area contributed by atoms with E-state index >= 15 is 0 Å². The third-order valence-corrected chi connectivity index (χ3v) is 4.56. The predicted octanol–water partition coefficient (Wildman–Crippen LogP) is -1.66. The van der Waals surface area contributed by atoms with Crippen molar-refractivity contribution in [1.82, 2.24) is 9.97 Å². The summed E-state index contributed by atoms with van der Waals surface area (Å²) in [5, 5.41) is 43.1. The van der Waals surface area contributed by atoms with Crippen LogP contribution < -0.4 is 11.1 Å². The summed E-state index contributed by atoms with van der Waals surface area (Å²) in [6.45, 7) is 0. The van der Waals surface area contributed by atoms with Gasteiger partial charge in [0.2, 0.25) is 0 Å². The number of nitrogens with zero attached hydrogens (tertiary/aromatic N) is 2. The fraction of sp³-hybridized carbons (Fsp3) is 0.636. The lowest BCUT2D eigenvalue weighted by atomic mass is 9.88. The van der Waals surface area contributed by atoms with E-state index in [0.29, 0.717) is 0 Å². The van der Waals surface area contributed by atoms with E-state index in [1.807, 2.05) is 0 Å². The van der Waals surface area contributed by atoms with Crippen molar-refractivity contribution in [2.24, 2.45) is 5.92 Å². The average Bonchev–Trinajstić information content (AvgIpc) is 2.71.